The molecule has 0 spiro atoms. The molecule has 0 aliphatic rings. The number of amides is 2. The Kier molecular flexibility index (Phi) is 5.83. The van der Waals surface area contributed by atoms with E-state index in [-0.39, 0.29) is 11.8 Å². The lowest BCUT2D eigenvalue weighted by Gasteiger charge is -2.10. The van der Waals surface area contributed by atoms with Crippen molar-refractivity contribution in [2.24, 2.45) is 0 Å². The Morgan fingerprint density at radius 2 is 2.00 bits per heavy atom. The molecule has 1 aromatic carbocycles. The fourth-order valence-corrected chi connectivity index (χ4v) is 1.66. The zero-order chi connectivity index (χ0) is 15.1. The molecular weight excluding hydrogens is 258 g/mol. The molecule has 0 fully saturated rings. The number of carbonyl (C=O) groups is 2. The molecule has 0 unspecified atom stereocenters. The molecule has 3 N–H and O–H groups in total. The molecule has 2 amide bonds. The maximum absolute atomic E-state index is 11.7. The van der Waals surface area contributed by atoms with Gasteiger partial charge in [-0.3, -0.25) is 9.59 Å². The van der Waals surface area contributed by atoms with E-state index in [2.05, 4.69) is 5.32 Å². The Morgan fingerprint density at radius 1 is 1.30 bits per heavy atom. The standard InChI is InChI=1S/C14H21N3O3/c1-17(2)14(19)6-4-5-13(18)16-10-7-8-12(20-3)11(15)9-10/h7-9H,4-6,15H2,1-3H3,(H,16,18). The molecule has 0 heterocycles. The van der Waals surface area contributed by atoms with Gasteiger partial charge in [0.25, 0.3) is 0 Å². The van der Waals surface area contributed by atoms with Gasteiger partial charge in [-0.25, -0.2) is 0 Å². The molecule has 0 aliphatic carbocycles. The molecule has 0 aliphatic heterocycles. The highest BCUT2D eigenvalue weighted by Gasteiger charge is 2.08. The van der Waals surface area contributed by atoms with Crippen LogP contribution in [0.4, 0.5) is 11.4 Å². The van der Waals surface area contributed by atoms with E-state index in [0.29, 0.717) is 36.4 Å². The van der Waals surface area contributed by atoms with Crippen LogP contribution in [0.15, 0.2) is 18.2 Å². The molecule has 0 saturated carbocycles. The van der Waals surface area contributed by atoms with Crippen LogP contribution in [0, 0.1) is 0 Å². The normalized spacial score (nSPS) is 9.95. The van der Waals surface area contributed by atoms with Crippen molar-refractivity contribution in [1.29, 1.82) is 0 Å². The number of ether oxygens (including phenoxy) is 1. The quantitative estimate of drug-likeness (QED) is 0.772. The summed E-state index contributed by atoms with van der Waals surface area (Å²) < 4.78 is 5.04. The van der Waals surface area contributed by atoms with Crippen LogP contribution in [0.25, 0.3) is 0 Å². The lowest BCUT2D eigenvalue weighted by atomic mass is 10.2. The molecule has 0 bridgehead atoms. The van der Waals surface area contributed by atoms with E-state index in [0.717, 1.165) is 0 Å². The van der Waals surface area contributed by atoms with Gasteiger partial charge in [-0.05, 0) is 24.6 Å². The summed E-state index contributed by atoms with van der Waals surface area (Å²) in [4.78, 5) is 24.6. The summed E-state index contributed by atoms with van der Waals surface area (Å²) in [7, 11) is 4.93. The molecule has 1 aromatic rings. The second-order valence-corrected chi connectivity index (χ2v) is 4.65. The first-order valence-electron chi connectivity index (χ1n) is 6.37. The molecular formula is C14H21N3O3. The van der Waals surface area contributed by atoms with Crippen LogP contribution in [0.2, 0.25) is 0 Å². The van der Waals surface area contributed by atoms with Gasteiger partial charge in [-0.15, -0.1) is 0 Å². The Bertz CT molecular complexity index is 487. The van der Waals surface area contributed by atoms with Gasteiger partial charge >= 0.3 is 0 Å². The van der Waals surface area contributed by atoms with E-state index in [1.54, 1.807) is 32.3 Å². The van der Waals surface area contributed by atoms with Crippen molar-refractivity contribution >= 4 is 23.2 Å². The van der Waals surface area contributed by atoms with E-state index in [9.17, 15) is 9.59 Å². The van der Waals surface area contributed by atoms with Gasteiger partial charge in [0.15, 0.2) is 0 Å². The second-order valence-electron chi connectivity index (χ2n) is 4.65. The summed E-state index contributed by atoms with van der Waals surface area (Å²) in [5.41, 5.74) is 6.84. The average Bonchev–Trinajstić information content (AvgIpc) is 2.38. The number of hydrogen-bond donors (Lipinski definition) is 2. The number of anilines is 2. The molecule has 6 nitrogen and oxygen atoms in total. The number of carbonyl (C=O) groups excluding carboxylic acids is 2. The van der Waals surface area contributed by atoms with Gasteiger partial charge in [-0.2, -0.15) is 0 Å². The van der Waals surface area contributed by atoms with Crippen LogP contribution in [0.5, 0.6) is 5.75 Å². The van der Waals surface area contributed by atoms with Crippen LogP contribution in [-0.2, 0) is 9.59 Å². The average molecular weight is 279 g/mol. The van der Waals surface area contributed by atoms with Crippen molar-refractivity contribution < 1.29 is 14.3 Å². The third-order valence-electron chi connectivity index (χ3n) is 2.81. The van der Waals surface area contributed by atoms with Crippen LogP contribution in [-0.4, -0.2) is 37.9 Å². The first kappa shape index (κ1) is 15.8. The van der Waals surface area contributed by atoms with E-state index in [1.165, 1.54) is 12.0 Å². The smallest absolute Gasteiger partial charge is 0.224 e. The summed E-state index contributed by atoms with van der Waals surface area (Å²) in [6.45, 7) is 0. The van der Waals surface area contributed by atoms with Crippen molar-refractivity contribution in [3.8, 4) is 5.75 Å². The third kappa shape index (κ3) is 4.79. The van der Waals surface area contributed by atoms with Gasteiger partial charge in [0.1, 0.15) is 5.75 Å². The summed E-state index contributed by atoms with van der Waals surface area (Å²) in [6, 6.07) is 5.06. The topological polar surface area (TPSA) is 84.7 Å². The number of rotatable bonds is 6. The Labute approximate surface area is 118 Å². The summed E-state index contributed by atoms with van der Waals surface area (Å²) in [5, 5.41) is 2.74. The zero-order valence-corrected chi connectivity index (χ0v) is 12.1. The van der Waals surface area contributed by atoms with Crippen molar-refractivity contribution in [1.82, 2.24) is 4.90 Å². The molecule has 6 heteroatoms. The van der Waals surface area contributed by atoms with Crippen LogP contribution in [0.3, 0.4) is 0 Å². The van der Waals surface area contributed by atoms with Crippen molar-refractivity contribution in [2.45, 2.75) is 19.3 Å². The van der Waals surface area contributed by atoms with Crippen LogP contribution >= 0.6 is 0 Å². The minimum Gasteiger partial charge on any atom is -0.495 e. The summed E-state index contributed by atoms with van der Waals surface area (Å²) in [6.07, 6.45) is 1.19. The first-order valence-corrected chi connectivity index (χ1v) is 6.37. The van der Waals surface area contributed by atoms with E-state index < -0.39 is 0 Å². The van der Waals surface area contributed by atoms with E-state index in [1.807, 2.05) is 0 Å². The molecule has 0 radical (unpaired) electrons. The number of nitrogens with one attached hydrogen (secondary N) is 1. The highest BCUT2D eigenvalue weighted by Crippen LogP contribution is 2.24. The maximum Gasteiger partial charge on any atom is 0.224 e. The monoisotopic (exact) mass is 279 g/mol. The largest absolute Gasteiger partial charge is 0.495 e. The summed E-state index contributed by atoms with van der Waals surface area (Å²) in [5.74, 6) is 0.451. The molecule has 0 atom stereocenters. The van der Waals surface area contributed by atoms with E-state index >= 15 is 0 Å². The lowest BCUT2D eigenvalue weighted by Crippen LogP contribution is -2.21. The number of methoxy groups -OCH3 is 1. The highest BCUT2D eigenvalue weighted by molar-refractivity contribution is 5.91. The minimum atomic E-state index is -0.138. The number of nitrogen functional groups attached to an aromatic ring is 1. The first-order chi connectivity index (χ1) is 9.43. The van der Waals surface area contributed by atoms with Crippen molar-refractivity contribution in [3.05, 3.63) is 18.2 Å². The van der Waals surface area contributed by atoms with Gasteiger partial charge in [0.05, 0.1) is 12.8 Å². The maximum atomic E-state index is 11.7. The molecule has 0 saturated heterocycles. The number of nitrogens with two attached hydrogens (primary N) is 1. The highest BCUT2D eigenvalue weighted by atomic mass is 16.5. The Balaban J connectivity index is 2.43. The third-order valence-corrected chi connectivity index (χ3v) is 2.81. The Morgan fingerprint density at radius 3 is 2.55 bits per heavy atom. The van der Waals surface area contributed by atoms with E-state index in [4.69, 9.17) is 10.5 Å². The number of benzene rings is 1. The predicted octanol–water partition coefficient (Wildman–Crippen LogP) is 1.47. The number of nitrogens with zero attached hydrogens (tertiary/aromatic N) is 1. The van der Waals surface area contributed by atoms with Crippen LogP contribution < -0.4 is 15.8 Å². The fraction of sp³-hybridized carbons (Fsp3) is 0.429. The Hall–Kier alpha value is -2.24. The lowest BCUT2D eigenvalue weighted by molar-refractivity contribution is -0.128. The van der Waals surface area contributed by atoms with Gasteiger partial charge in [0, 0.05) is 32.6 Å². The molecule has 1 rings (SSSR count). The fourth-order valence-electron chi connectivity index (χ4n) is 1.66. The SMILES string of the molecule is COc1ccc(NC(=O)CCCC(=O)N(C)C)cc1N. The molecule has 20 heavy (non-hydrogen) atoms. The zero-order valence-electron chi connectivity index (χ0n) is 12.1. The van der Waals surface area contributed by atoms with Gasteiger partial charge < -0.3 is 20.7 Å². The minimum absolute atomic E-state index is 0.0199. The number of hydrogen-bond acceptors (Lipinski definition) is 4. The van der Waals surface area contributed by atoms with Crippen molar-refractivity contribution in [2.75, 3.05) is 32.3 Å². The van der Waals surface area contributed by atoms with Crippen LogP contribution in [0.1, 0.15) is 19.3 Å². The predicted molar refractivity (Wildman–Crippen MR) is 78.6 cm³/mol. The molecule has 0 aromatic heterocycles. The summed E-state index contributed by atoms with van der Waals surface area (Å²) >= 11 is 0. The second kappa shape index (κ2) is 7.37. The van der Waals surface area contributed by atoms with Gasteiger partial charge in [-0.1, -0.05) is 0 Å². The van der Waals surface area contributed by atoms with Gasteiger partial charge in [0.2, 0.25) is 11.8 Å². The van der Waals surface area contributed by atoms with Crippen molar-refractivity contribution in [3.63, 3.8) is 0 Å². The molecule has 110 valence electrons.